The molecule has 0 spiro atoms. The van der Waals surface area contributed by atoms with Crippen molar-refractivity contribution in [3.8, 4) is 23.3 Å². The van der Waals surface area contributed by atoms with Crippen molar-refractivity contribution in [1.82, 2.24) is 5.32 Å². The third-order valence-electron chi connectivity index (χ3n) is 2.90. The SMILES string of the molecule is CC#CCOc1c(CNC2CC2)cccc1OC. The van der Waals surface area contributed by atoms with E-state index in [1.807, 2.05) is 12.1 Å². The van der Waals surface area contributed by atoms with Crippen LogP contribution in [0.25, 0.3) is 0 Å². The van der Waals surface area contributed by atoms with E-state index in [0.717, 1.165) is 23.6 Å². The van der Waals surface area contributed by atoms with Crippen LogP contribution in [0.15, 0.2) is 18.2 Å². The molecule has 1 fully saturated rings. The minimum Gasteiger partial charge on any atom is -0.493 e. The van der Waals surface area contributed by atoms with E-state index in [0.29, 0.717) is 12.6 Å². The van der Waals surface area contributed by atoms with Gasteiger partial charge >= 0.3 is 0 Å². The fourth-order valence-corrected chi connectivity index (χ4v) is 1.75. The molecule has 0 aliphatic heterocycles. The first-order valence-corrected chi connectivity index (χ1v) is 6.27. The van der Waals surface area contributed by atoms with Gasteiger partial charge in [0.25, 0.3) is 0 Å². The molecule has 0 bridgehead atoms. The van der Waals surface area contributed by atoms with Crippen LogP contribution in [-0.4, -0.2) is 19.8 Å². The number of hydrogen-bond donors (Lipinski definition) is 1. The van der Waals surface area contributed by atoms with Crippen molar-refractivity contribution in [2.24, 2.45) is 0 Å². The zero-order valence-electron chi connectivity index (χ0n) is 11.0. The summed E-state index contributed by atoms with van der Waals surface area (Å²) >= 11 is 0. The topological polar surface area (TPSA) is 30.5 Å². The monoisotopic (exact) mass is 245 g/mol. The maximum Gasteiger partial charge on any atom is 0.167 e. The first kappa shape index (κ1) is 12.8. The molecule has 1 aromatic carbocycles. The molecule has 0 heterocycles. The Kier molecular flexibility index (Phi) is 4.49. The van der Waals surface area contributed by atoms with Crippen LogP contribution in [0.2, 0.25) is 0 Å². The van der Waals surface area contributed by atoms with Crippen LogP contribution in [0, 0.1) is 11.8 Å². The highest BCUT2D eigenvalue weighted by Crippen LogP contribution is 2.31. The van der Waals surface area contributed by atoms with Crippen LogP contribution in [0.4, 0.5) is 0 Å². The Bertz CT molecular complexity index is 455. The summed E-state index contributed by atoms with van der Waals surface area (Å²) < 4.78 is 11.1. The smallest absolute Gasteiger partial charge is 0.167 e. The molecule has 3 heteroatoms. The van der Waals surface area contributed by atoms with E-state index in [-0.39, 0.29) is 0 Å². The minimum atomic E-state index is 0.396. The summed E-state index contributed by atoms with van der Waals surface area (Å²) in [6, 6.07) is 6.64. The minimum absolute atomic E-state index is 0.396. The van der Waals surface area contributed by atoms with Crippen LogP contribution in [0.5, 0.6) is 11.5 Å². The Labute approximate surface area is 108 Å². The molecule has 0 amide bonds. The molecule has 1 aromatic rings. The second-order valence-corrected chi connectivity index (χ2v) is 4.32. The Morgan fingerprint density at radius 2 is 2.22 bits per heavy atom. The second kappa shape index (κ2) is 6.32. The first-order chi connectivity index (χ1) is 8.85. The van der Waals surface area contributed by atoms with Gasteiger partial charge in [-0.3, -0.25) is 0 Å². The lowest BCUT2D eigenvalue weighted by Gasteiger charge is -2.14. The lowest BCUT2D eigenvalue weighted by molar-refractivity contribution is 0.326. The van der Waals surface area contributed by atoms with Crippen LogP contribution >= 0.6 is 0 Å². The van der Waals surface area contributed by atoms with Crippen LogP contribution in [-0.2, 0) is 6.54 Å². The molecule has 2 rings (SSSR count). The highest BCUT2D eigenvalue weighted by Gasteiger charge is 2.21. The number of hydrogen-bond acceptors (Lipinski definition) is 3. The molecule has 0 unspecified atom stereocenters. The highest BCUT2D eigenvalue weighted by molar-refractivity contribution is 5.46. The molecule has 1 N–H and O–H groups in total. The van der Waals surface area contributed by atoms with Gasteiger partial charge in [-0.1, -0.05) is 18.1 Å². The summed E-state index contributed by atoms with van der Waals surface area (Å²) in [7, 11) is 1.66. The van der Waals surface area contributed by atoms with Gasteiger partial charge in [-0.15, -0.1) is 5.92 Å². The summed E-state index contributed by atoms with van der Waals surface area (Å²) in [6.07, 6.45) is 2.56. The van der Waals surface area contributed by atoms with Gasteiger partial charge in [-0.25, -0.2) is 0 Å². The lowest BCUT2D eigenvalue weighted by Crippen LogP contribution is -2.16. The van der Waals surface area contributed by atoms with Crippen molar-refractivity contribution < 1.29 is 9.47 Å². The van der Waals surface area contributed by atoms with E-state index in [1.165, 1.54) is 12.8 Å². The molecule has 1 saturated carbocycles. The second-order valence-electron chi connectivity index (χ2n) is 4.32. The average Bonchev–Trinajstić information content (AvgIpc) is 3.21. The maximum absolute atomic E-state index is 5.71. The summed E-state index contributed by atoms with van der Waals surface area (Å²) in [5.74, 6) is 7.30. The van der Waals surface area contributed by atoms with E-state index in [1.54, 1.807) is 14.0 Å². The van der Waals surface area contributed by atoms with Crippen molar-refractivity contribution in [2.45, 2.75) is 32.4 Å². The molecule has 0 radical (unpaired) electrons. The first-order valence-electron chi connectivity index (χ1n) is 6.27. The average molecular weight is 245 g/mol. The molecular formula is C15H19NO2. The van der Waals surface area contributed by atoms with Crippen LogP contribution in [0.1, 0.15) is 25.3 Å². The third-order valence-corrected chi connectivity index (χ3v) is 2.90. The van der Waals surface area contributed by atoms with Crippen molar-refractivity contribution >= 4 is 0 Å². The number of para-hydroxylation sites is 1. The van der Waals surface area contributed by atoms with Gasteiger partial charge < -0.3 is 14.8 Å². The predicted octanol–water partition coefficient (Wildman–Crippen LogP) is 2.35. The Balaban J connectivity index is 2.10. The largest absolute Gasteiger partial charge is 0.493 e. The van der Waals surface area contributed by atoms with Crippen molar-refractivity contribution in [3.63, 3.8) is 0 Å². The quantitative estimate of drug-likeness (QED) is 0.780. The van der Waals surface area contributed by atoms with Crippen LogP contribution in [0.3, 0.4) is 0 Å². The number of methoxy groups -OCH3 is 1. The molecule has 0 saturated heterocycles. The van der Waals surface area contributed by atoms with E-state index >= 15 is 0 Å². The van der Waals surface area contributed by atoms with Crippen molar-refractivity contribution in [2.75, 3.05) is 13.7 Å². The zero-order chi connectivity index (χ0) is 12.8. The number of nitrogens with one attached hydrogen (secondary N) is 1. The lowest BCUT2D eigenvalue weighted by atomic mass is 10.2. The summed E-state index contributed by atoms with van der Waals surface area (Å²) in [4.78, 5) is 0. The summed E-state index contributed by atoms with van der Waals surface area (Å²) in [6.45, 7) is 3.02. The van der Waals surface area contributed by atoms with Gasteiger partial charge in [0.2, 0.25) is 0 Å². The normalized spacial score (nSPS) is 13.7. The summed E-state index contributed by atoms with van der Waals surface area (Å²) in [5, 5.41) is 3.48. The number of rotatable bonds is 6. The predicted molar refractivity (Wildman–Crippen MR) is 71.8 cm³/mol. The number of ether oxygens (including phenoxy) is 2. The van der Waals surface area contributed by atoms with Crippen LogP contribution < -0.4 is 14.8 Å². The number of benzene rings is 1. The van der Waals surface area contributed by atoms with Gasteiger partial charge in [0, 0.05) is 18.2 Å². The van der Waals surface area contributed by atoms with E-state index in [9.17, 15) is 0 Å². The van der Waals surface area contributed by atoms with Crippen molar-refractivity contribution in [3.05, 3.63) is 23.8 Å². The van der Waals surface area contributed by atoms with Gasteiger partial charge in [0.1, 0.15) is 6.61 Å². The van der Waals surface area contributed by atoms with E-state index < -0.39 is 0 Å². The molecule has 1 aliphatic carbocycles. The van der Waals surface area contributed by atoms with E-state index in [2.05, 4.69) is 23.2 Å². The molecule has 18 heavy (non-hydrogen) atoms. The van der Waals surface area contributed by atoms with Gasteiger partial charge in [0.05, 0.1) is 7.11 Å². The highest BCUT2D eigenvalue weighted by atomic mass is 16.5. The van der Waals surface area contributed by atoms with Gasteiger partial charge in [-0.05, 0) is 25.8 Å². The molecule has 1 aliphatic rings. The Morgan fingerprint density at radius 1 is 1.39 bits per heavy atom. The standard InChI is InChI=1S/C15H19NO2/c1-3-4-10-18-15-12(11-16-13-8-9-13)6-5-7-14(15)17-2/h5-7,13,16H,8-11H2,1-2H3. The Morgan fingerprint density at radius 3 is 2.89 bits per heavy atom. The van der Waals surface area contributed by atoms with E-state index in [4.69, 9.17) is 9.47 Å². The fourth-order valence-electron chi connectivity index (χ4n) is 1.75. The Hall–Kier alpha value is -1.66. The van der Waals surface area contributed by atoms with Gasteiger partial charge in [-0.2, -0.15) is 0 Å². The molecule has 96 valence electrons. The molecule has 0 atom stereocenters. The fraction of sp³-hybridized carbons (Fsp3) is 0.467. The zero-order valence-corrected chi connectivity index (χ0v) is 11.0. The third kappa shape index (κ3) is 3.41. The summed E-state index contributed by atoms with van der Waals surface area (Å²) in [5.41, 5.74) is 1.12. The molecule has 3 nitrogen and oxygen atoms in total. The van der Waals surface area contributed by atoms with Crippen molar-refractivity contribution in [1.29, 1.82) is 0 Å². The molecule has 0 aromatic heterocycles. The van der Waals surface area contributed by atoms with Gasteiger partial charge in [0.15, 0.2) is 11.5 Å². The molecular weight excluding hydrogens is 226 g/mol. The maximum atomic E-state index is 5.71.